The van der Waals surface area contributed by atoms with E-state index in [0.717, 1.165) is 11.3 Å². The number of hydrogen-bond acceptors (Lipinski definition) is 5. The van der Waals surface area contributed by atoms with Crippen LogP contribution in [0.15, 0.2) is 39.8 Å². The number of aryl methyl sites for hydroxylation is 2. The van der Waals surface area contributed by atoms with Crippen LogP contribution < -0.4 is 4.72 Å². The predicted molar refractivity (Wildman–Crippen MR) is 96.6 cm³/mol. The molecule has 0 saturated heterocycles. The molecular weight excluding hydrogens is 425 g/mol. The molecule has 0 aliphatic heterocycles. The van der Waals surface area contributed by atoms with Gasteiger partial charge in [-0.3, -0.25) is 4.72 Å². The Morgan fingerprint density at radius 1 is 1.19 bits per heavy atom. The summed E-state index contributed by atoms with van der Waals surface area (Å²) in [6.45, 7) is 3.16. The van der Waals surface area contributed by atoms with Crippen molar-refractivity contribution in [2.75, 3.05) is 4.72 Å². The van der Waals surface area contributed by atoms with Crippen molar-refractivity contribution in [2.45, 2.75) is 24.9 Å². The maximum atomic E-state index is 12.9. The van der Waals surface area contributed by atoms with Crippen molar-refractivity contribution in [3.63, 3.8) is 0 Å². The first-order valence-electron chi connectivity index (χ1n) is 7.42. The van der Waals surface area contributed by atoms with Crippen LogP contribution in [0.25, 0.3) is 11.3 Å². The number of halogens is 4. The van der Waals surface area contributed by atoms with Crippen molar-refractivity contribution in [1.29, 1.82) is 0 Å². The molecule has 3 aromatic rings. The number of rotatable bonds is 4. The molecule has 2 heterocycles. The van der Waals surface area contributed by atoms with Gasteiger partial charge in [0.05, 0.1) is 10.7 Å². The highest BCUT2D eigenvalue weighted by molar-refractivity contribution is 7.93. The van der Waals surface area contributed by atoms with Crippen molar-refractivity contribution >= 4 is 38.6 Å². The zero-order chi connectivity index (χ0) is 20.0. The van der Waals surface area contributed by atoms with Crippen LogP contribution >= 0.6 is 22.9 Å². The summed E-state index contributed by atoms with van der Waals surface area (Å²) >= 11 is 7.13. The lowest BCUT2D eigenvalue weighted by Crippen LogP contribution is -2.14. The number of nitrogens with one attached hydrogen (secondary N) is 1. The SMILES string of the molecule is Cc1sc(C)c(S(=O)(=O)Nc2ccccc2Cl)c1-c1cc(C(F)(F)F)on1. The second-order valence-electron chi connectivity index (χ2n) is 5.58. The molecule has 0 spiro atoms. The lowest BCUT2D eigenvalue weighted by Gasteiger charge is -2.11. The number of hydrogen-bond donors (Lipinski definition) is 1. The van der Waals surface area contributed by atoms with E-state index in [-0.39, 0.29) is 26.9 Å². The van der Waals surface area contributed by atoms with Gasteiger partial charge in [0.25, 0.3) is 10.0 Å². The van der Waals surface area contributed by atoms with Crippen LogP contribution in [-0.2, 0) is 16.2 Å². The summed E-state index contributed by atoms with van der Waals surface area (Å²) in [6.07, 6.45) is -4.72. The average Bonchev–Trinajstić information content (AvgIpc) is 3.13. The van der Waals surface area contributed by atoms with E-state index in [0.29, 0.717) is 15.8 Å². The number of anilines is 1. The Kier molecular flexibility index (Phi) is 5.00. The first kappa shape index (κ1) is 19.7. The van der Waals surface area contributed by atoms with E-state index in [2.05, 4.69) is 14.4 Å². The van der Waals surface area contributed by atoms with Gasteiger partial charge in [-0.05, 0) is 26.0 Å². The summed E-state index contributed by atoms with van der Waals surface area (Å²) < 4.78 is 71.0. The van der Waals surface area contributed by atoms with Gasteiger partial charge < -0.3 is 4.52 Å². The normalized spacial score (nSPS) is 12.4. The molecule has 0 radical (unpaired) electrons. The fourth-order valence-electron chi connectivity index (χ4n) is 2.55. The smallest absolute Gasteiger partial charge is 0.351 e. The Bertz CT molecular complexity index is 1100. The van der Waals surface area contributed by atoms with Crippen LogP contribution in [0, 0.1) is 13.8 Å². The van der Waals surface area contributed by atoms with Crippen molar-refractivity contribution in [3.05, 3.63) is 50.9 Å². The van der Waals surface area contributed by atoms with Gasteiger partial charge in [0.2, 0.25) is 5.76 Å². The van der Waals surface area contributed by atoms with E-state index in [1.54, 1.807) is 26.0 Å². The summed E-state index contributed by atoms with van der Waals surface area (Å²) in [5, 5.41) is 3.61. The third-order valence-corrected chi connectivity index (χ3v) is 6.65. The monoisotopic (exact) mass is 436 g/mol. The highest BCUT2D eigenvalue weighted by Crippen LogP contribution is 2.41. The minimum atomic E-state index is -4.72. The second-order valence-corrected chi connectivity index (χ2v) is 9.03. The van der Waals surface area contributed by atoms with Gasteiger partial charge in [-0.1, -0.05) is 28.9 Å². The molecule has 2 aromatic heterocycles. The van der Waals surface area contributed by atoms with Gasteiger partial charge >= 0.3 is 6.18 Å². The molecule has 11 heteroatoms. The first-order chi connectivity index (χ1) is 12.5. The minimum absolute atomic E-state index is 0.0660. The number of thiophene rings is 1. The van der Waals surface area contributed by atoms with Gasteiger partial charge in [0, 0.05) is 21.4 Å². The highest BCUT2D eigenvalue weighted by atomic mass is 35.5. The van der Waals surface area contributed by atoms with Crippen molar-refractivity contribution in [1.82, 2.24) is 5.16 Å². The maximum absolute atomic E-state index is 12.9. The Labute approximate surface area is 161 Å². The molecule has 144 valence electrons. The van der Waals surface area contributed by atoms with Crippen LogP contribution in [0.2, 0.25) is 5.02 Å². The molecule has 0 atom stereocenters. The topological polar surface area (TPSA) is 72.2 Å². The molecule has 0 saturated carbocycles. The number of sulfonamides is 1. The van der Waals surface area contributed by atoms with E-state index in [1.807, 2.05) is 0 Å². The van der Waals surface area contributed by atoms with Crippen LogP contribution in [-0.4, -0.2) is 13.6 Å². The van der Waals surface area contributed by atoms with Gasteiger partial charge in [0.1, 0.15) is 10.6 Å². The van der Waals surface area contributed by atoms with E-state index < -0.39 is 22.0 Å². The number of para-hydroxylation sites is 1. The summed E-state index contributed by atoms with van der Waals surface area (Å²) in [4.78, 5) is 0.736. The zero-order valence-corrected chi connectivity index (χ0v) is 16.3. The van der Waals surface area contributed by atoms with Crippen molar-refractivity contribution in [3.8, 4) is 11.3 Å². The quantitative estimate of drug-likeness (QED) is 0.586. The van der Waals surface area contributed by atoms with Gasteiger partial charge in [0.15, 0.2) is 0 Å². The average molecular weight is 437 g/mol. The van der Waals surface area contributed by atoms with Crippen molar-refractivity contribution in [2.24, 2.45) is 0 Å². The van der Waals surface area contributed by atoms with E-state index >= 15 is 0 Å². The van der Waals surface area contributed by atoms with Gasteiger partial charge in [-0.2, -0.15) is 13.2 Å². The number of nitrogens with zero attached hydrogens (tertiary/aromatic N) is 1. The molecule has 27 heavy (non-hydrogen) atoms. The second kappa shape index (κ2) is 6.84. The Balaban J connectivity index is 2.12. The summed E-state index contributed by atoms with van der Waals surface area (Å²) in [6, 6.07) is 6.91. The molecule has 1 N–H and O–H groups in total. The van der Waals surface area contributed by atoms with Crippen LogP contribution in [0.1, 0.15) is 15.5 Å². The standard InChI is InChI=1S/C16H12ClF3N2O3S2/c1-8-14(12-7-13(25-21-12)16(18,19)20)15(9(2)26-8)27(23,24)22-11-6-4-3-5-10(11)17/h3-7,22H,1-2H3. The largest absolute Gasteiger partial charge is 0.452 e. The predicted octanol–water partition coefficient (Wildman–Crippen LogP) is 5.49. The Hall–Kier alpha value is -2.04. The zero-order valence-electron chi connectivity index (χ0n) is 13.9. The van der Waals surface area contributed by atoms with Crippen LogP contribution in [0.5, 0.6) is 0 Å². The fourth-order valence-corrected chi connectivity index (χ4v) is 5.74. The number of aromatic nitrogens is 1. The number of benzene rings is 1. The van der Waals surface area contributed by atoms with Gasteiger partial charge in [-0.25, -0.2) is 8.42 Å². The molecule has 3 rings (SSSR count). The van der Waals surface area contributed by atoms with Crippen molar-refractivity contribution < 1.29 is 26.1 Å². The molecule has 0 aliphatic carbocycles. The Morgan fingerprint density at radius 2 is 1.85 bits per heavy atom. The number of alkyl halides is 3. The van der Waals surface area contributed by atoms with E-state index in [4.69, 9.17) is 11.6 Å². The summed E-state index contributed by atoms with van der Waals surface area (Å²) in [5.41, 5.74) is 0.0181. The third kappa shape index (κ3) is 3.83. The molecule has 1 aromatic carbocycles. The minimum Gasteiger partial charge on any atom is -0.351 e. The molecular formula is C16H12ClF3N2O3S2. The van der Waals surface area contributed by atoms with Crippen LogP contribution in [0.4, 0.5) is 18.9 Å². The molecule has 0 unspecified atom stereocenters. The first-order valence-corrected chi connectivity index (χ1v) is 10.1. The highest BCUT2D eigenvalue weighted by Gasteiger charge is 2.37. The summed E-state index contributed by atoms with van der Waals surface area (Å²) in [7, 11) is -4.14. The third-order valence-electron chi connectivity index (χ3n) is 3.64. The molecule has 0 amide bonds. The maximum Gasteiger partial charge on any atom is 0.452 e. The lowest BCUT2D eigenvalue weighted by molar-refractivity contribution is -0.155. The van der Waals surface area contributed by atoms with E-state index in [1.165, 1.54) is 12.1 Å². The molecule has 0 bridgehead atoms. The fraction of sp³-hybridized carbons (Fsp3) is 0.188. The Morgan fingerprint density at radius 3 is 2.44 bits per heavy atom. The molecule has 0 fully saturated rings. The van der Waals surface area contributed by atoms with E-state index in [9.17, 15) is 21.6 Å². The molecule has 5 nitrogen and oxygen atoms in total. The van der Waals surface area contributed by atoms with Gasteiger partial charge in [-0.15, -0.1) is 11.3 Å². The lowest BCUT2D eigenvalue weighted by atomic mass is 10.1. The molecule has 0 aliphatic rings. The van der Waals surface area contributed by atoms with Crippen LogP contribution in [0.3, 0.4) is 0 Å². The summed E-state index contributed by atoms with van der Waals surface area (Å²) in [5.74, 6) is -1.30.